The van der Waals surface area contributed by atoms with E-state index in [1.165, 1.54) is 12.7 Å². The predicted molar refractivity (Wildman–Crippen MR) is 74.1 cm³/mol. The summed E-state index contributed by atoms with van der Waals surface area (Å²) in [5, 5.41) is 10.0. The molecular weight excluding hydrogens is 242 g/mol. The number of esters is 1. The number of hydrogen-bond acceptors (Lipinski definition) is 3. The van der Waals surface area contributed by atoms with E-state index in [2.05, 4.69) is 10.6 Å². The average molecular weight is 261 g/mol. The van der Waals surface area contributed by atoms with E-state index in [1.807, 2.05) is 25.3 Å². The minimum Gasteiger partial charge on any atom is -0.469 e. The van der Waals surface area contributed by atoms with Gasteiger partial charge in [-0.3, -0.25) is 4.79 Å². The van der Waals surface area contributed by atoms with Gasteiger partial charge in [-0.2, -0.15) is 0 Å². The Hall–Kier alpha value is -1.81. The minimum atomic E-state index is -0.234. The second kappa shape index (κ2) is 5.89. The molecule has 0 saturated heterocycles. The van der Waals surface area contributed by atoms with Crippen molar-refractivity contribution in [3.8, 4) is 0 Å². The fourth-order valence-electron chi connectivity index (χ4n) is 2.27. The molecular formula is C15H19NO3. The molecule has 0 amide bonds. The quantitative estimate of drug-likeness (QED) is 0.838. The van der Waals surface area contributed by atoms with Crippen LogP contribution in [-0.4, -0.2) is 29.4 Å². The Bertz CT molecular complexity index is 586. The Kier molecular flexibility index (Phi) is 4.22. The van der Waals surface area contributed by atoms with E-state index < -0.39 is 0 Å². The van der Waals surface area contributed by atoms with Gasteiger partial charge in [0.25, 0.3) is 0 Å². The number of aliphatic hydroxyl groups excluding tert-OH is 1. The number of carbonyl (C=O) groups is 1. The van der Waals surface area contributed by atoms with E-state index in [-0.39, 0.29) is 19.0 Å². The molecule has 0 aliphatic carbocycles. The third-order valence-corrected chi connectivity index (χ3v) is 3.24. The molecule has 1 aromatic heterocycles. The lowest BCUT2D eigenvalue weighted by atomic mass is 10.1. The van der Waals surface area contributed by atoms with Gasteiger partial charge >= 0.3 is 5.97 Å². The summed E-state index contributed by atoms with van der Waals surface area (Å²) >= 11 is 0. The second-order valence-corrected chi connectivity index (χ2v) is 4.70. The Morgan fingerprint density at radius 1 is 1.42 bits per heavy atom. The van der Waals surface area contributed by atoms with Gasteiger partial charge in [-0.25, -0.2) is 0 Å². The monoisotopic (exact) mass is 261 g/mol. The first kappa shape index (κ1) is 13.6. The third-order valence-electron chi connectivity index (χ3n) is 3.24. The molecule has 1 aromatic carbocycles. The van der Waals surface area contributed by atoms with Crippen LogP contribution in [0.4, 0.5) is 0 Å². The van der Waals surface area contributed by atoms with Gasteiger partial charge in [-0.1, -0.05) is 12.1 Å². The molecule has 4 nitrogen and oxygen atoms in total. The number of hydrogen-bond donors (Lipinski definition) is 1. The van der Waals surface area contributed by atoms with Crippen LogP contribution in [0.3, 0.4) is 0 Å². The molecule has 0 unspecified atom stereocenters. The van der Waals surface area contributed by atoms with Crippen LogP contribution in [0, 0.1) is 6.92 Å². The zero-order chi connectivity index (χ0) is 13.8. The number of fused-ring (bicyclic) bond motifs is 1. The van der Waals surface area contributed by atoms with Crippen LogP contribution in [0.5, 0.6) is 0 Å². The lowest BCUT2D eigenvalue weighted by Crippen LogP contribution is -2.04. The molecule has 0 saturated carbocycles. The fraction of sp³-hybridized carbons (Fsp3) is 0.400. The number of aromatic nitrogens is 1. The van der Waals surface area contributed by atoms with Crippen LogP contribution in [0.25, 0.3) is 10.9 Å². The van der Waals surface area contributed by atoms with Crippen molar-refractivity contribution >= 4 is 16.9 Å². The summed E-state index contributed by atoms with van der Waals surface area (Å²) in [5.41, 5.74) is 3.26. The molecule has 0 fully saturated rings. The van der Waals surface area contributed by atoms with Crippen molar-refractivity contribution in [2.45, 2.75) is 26.3 Å². The molecule has 102 valence electrons. The van der Waals surface area contributed by atoms with E-state index in [0.717, 1.165) is 23.0 Å². The highest BCUT2D eigenvalue weighted by Crippen LogP contribution is 2.23. The highest BCUT2D eigenvalue weighted by molar-refractivity contribution is 5.88. The topological polar surface area (TPSA) is 51.5 Å². The third kappa shape index (κ3) is 2.96. The summed E-state index contributed by atoms with van der Waals surface area (Å²) in [7, 11) is 1.40. The molecule has 0 atom stereocenters. The molecule has 1 N–H and O–H groups in total. The lowest BCUT2D eigenvalue weighted by molar-refractivity contribution is -0.139. The van der Waals surface area contributed by atoms with Gasteiger partial charge in [0.2, 0.25) is 0 Å². The van der Waals surface area contributed by atoms with Gasteiger partial charge in [0, 0.05) is 30.3 Å². The van der Waals surface area contributed by atoms with E-state index in [4.69, 9.17) is 9.84 Å². The van der Waals surface area contributed by atoms with E-state index in [0.29, 0.717) is 6.42 Å². The molecule has 19 heavy (non-hydrogen) atoms. The number of aliphatic hydroxyl groups is 1. The maximum atomic E-state index is 11.4. The van der Waals surface area contributed by atoms with Crippen molar-refractivity contribution in [1.82, 2.24) is 4.57 Å². The first-order chi connectivity index (χ1) is 9.15. The number of benzene rings is 1. The predicted octanol–water partition coefficient (Wildman–Crippen LogP) is 2.05. The molecule has 2 aromatic rings. The Balaban J connectivity index is 2.43. The van der Waals surface area contributed by atoms with E-state index in [9.17, 15) is 4.79 Å². The number of carbonyl (C=O) groups excluding carboxylic acids is 1. The summed E-state index contributed by atoms with van der Waals surface area (Å²) in [6.45, 7) is 2.96. The summed E-state index contributed by atoms with van der Waals surface area (Å²) in [6.07, 6.45) is 2.97. The molecule has 0 radical (unpaired) electrons. The fourth-order valence-corrected chi connectivity index (χ4v) is 2.27. The van der Waals surface area contributed by atoms with Gasteiger partial charge in [-0.05, 0) is 30.5 Å². The van der Waals surface area contributed by atoms with Crippen molar-refractivity contribution in [2.75, 3.05) is 13.7 Å². The molecule has 0 aliphatic heterocycles. The highest BCUT2D eigenvalue weighted by atomic mass is 16.5. The largest absolute Gasteiger partial charge is 0.469 e. The standard InChI is InChI=1S/C15H19NO3/c1-11-4-5-13-12(9-15(18)19-2)10-16(6-3-7-17)14(13)8-11/h4-5,8,10,17H,3,6-7,9H2,1-2H3. The Labute approximate surface area is 112 Å². The summed E-state index contributed by atoms with van der Waals surface area (Å²) in [5.74, 6) is -0.234. The van der Waals surface area contributed by atoms with Crippen molar-refractivity contribution in [1.29, 1.82) is 0 Å². The molecule has 0 spiro atoms. The van der Waals surface area contributed by atoms with Gasteiger partial charge in [0.1, 0.15) is 0 Å². The zero-order valence-corrected chi connectivity index (χ0v) is 11.3. The average Bonchev–Trinajstić information content (AvgIpc) is 2.73. The van der Waals surface area contributed by atoms with Gasteiger partial charge in [0.05, 0.1) is 13.5 Å². The first-order valence-electron chi connectivity index (χ1n) is 6.41. The summed E-state index contributed by atoms with van der Waals surface area (Å²) < 4.78 is 6.82. The number of methoxy groups -OCH3 is 1. The maximum Gasteiger partial charge on any atom is 0.310 e. The van der Waals surface area contributed by atoms with Crippen molar-refractivity contribution < 1.29 is 14.6 Å². The number of aryl methyl sites for hydroxylation is 2. The van der Waals surface area contributed by atoms with Crippen LogP contribution in [-0.2, 0) is 22.5 Å². The molecule has 0 bridgehead atoms. The van der Waals surface area contributed by atoms with E-state index >= 15 is 0 Å². The summed E-state index contributed by atoms with van der Waals surface area (Å²) in [4.78, 5) is 11.4. The molecule has 2 rings (SSSR count). The number of nitrogens with zero attached hydrogens (tertiary/aromatic N) is 1. The number of rotatable bonds is 5. The van der Waals surface area contributed by atoms with Crippen molar-refractivity contribution in [2.24, 2.45) is 0 Å². The highest BCUT2D eigenvalue weighted by Gasteiger charge is 2.12. The van der Waals surface area contributed by atoms with Crippen LogP contribution < -0.4 is 0 Å². The summed E-state index contributed by atoms with van der Waals surface area (Å²) in [6, 6.07) is 6.19. The second-order valence-electron chi connectivity index (χ2n) is 4.70. The normalized spacial score (nSPS) is 10.9. The Morgan fingerprint density at radius 3 is 2.89 bits per heavy atom. The van der Waals surface area contributed by atoms with E-state index in [1.54, 1.807) is 0 Å². The zero-order valence-electron chi connectivity index (χ0n) is 11.3. The van der Waals surface area contributed by atoms with Crippen LogP contribution in [0.1, 0.15) is 17.5 Å². The first-order valence-corrected chi connectivity index (χ1v) is 6.41. The maximum absolute atomic E-state index is 11.4. The molecule has 4 heteroatoms. The van der Waals surface area contributed by atoms with Crippen LogP contribution in [0.2, 0.25) is 0 Å². The molecule has 1 heterocycles. The van der Waals surface area contributed by atoms with Gasteiger partial charge < -0.3 is 14.4 Å². The SMILES string of the molecule is COC(=O)Cc1cn(CCCO)c2cc(C)ccc12. The van der Waals surface area contributed by atoms with Crippen molar-refractivity contribution in [3.63, 3.8) is 0 Å². The minimum absolute atomic E-state index is 0.165. The Morgan fingerprint density at radius 2 is 2.21 bits per heavy atom. The smallest absolute Gasteiger partial charge is 0.310 e. The molecule has 0 aliphatic rings. The van der Waals surface area contributed by atoms with Crippen LogP contribution >= 0.6 is 0 Å². The number of ether oxygens (including phenoxy) is 1. The van der Waals surface area contributed by atoms with Gasteiger partial charge in [0.15, 0.2) is 0 Å². The van der Waals surface area contributed by atoms with Crippen molar-refractivity contribution in [3.05, 3.63) is 35.5 Å². The van der Waals surface area contributed by atoms with Gasteiger partial charge in [-0.15, -0.1) is 0 Å². The van der Waals surface area contributed by atoms with Crippen LogP contribution in [0.15, 0.2) is 24.4 Å². The lowest BCUT2D eigenvalue weighted by Gasteiger charge is -2.03.